The van der Waals surface area contributed by atoms with E-state index in [1.54, 1.807) is 37.5 Å². The fourth-order valence-corrected chi connectivity index (χ4v) is 2.33. The van der Waals surface area contributed by atoms with Crippen molar-refractivity contribution in [2.24, 2.45) is 0 Å². The lowest BCUT2D eigenvalue weighted by Gasteiger charge is -2.17. The highest BCUT2D eigenvalue weighted by Crippen LogP contribution is 2.34. The van der Waals surface area contributed by atoms with Gasteiger partial charge in [0.05, 0.1) is 24.9 Å². The summed E-state index contributed by atoms with van der Waals surface area (Å²) in [4.78, 5) is 25.3. The molecule has 8 heteroatoms. The number of methoxy groups -OCH3 is 1. The predicted octanol–water partition coefficient (Wildman–Crippen LogP) is 3.82. The lowest BCUT2D eigenvalue weighted by molar-refractivity contribution is -0.137. The first-order valence-electron chi connectivity index (χ1n) is 8.24. The zero-order chi connectivity index (χ0) is 20.7. The first kappa shape index (κ1) is 21.0. The molecule has 0 radical (unpaired) electrons. The number of nitrogens with one attached hydrogen (secondary N) is 1. The standard InChI is InChI=1S/C20H19F3N2O3/c1-25(19(27)12-9-14-7-10-15(28-2)11-8-14)13-18(26)24-17-6-4-3-5-16(17)20(21,22)23/h3-12H,13H2,1-2H3,(H,24,26)/b12-9+. The molecule has 0 atom stereocenters. The first-order chi connectivity index (χ1) is 13.2. The zero-order valence-electron chi connectivity index (χ0n) is 15.3. The van der Waals surface area contributed by atoms with Gasteiger partial charge in [-0.2, -0.15) is 13.2 Å². The van der Waals surface area contributed by atoms with Gasteiger partial charge in [0.2, 0.25) is 11.8 Å². The third-order valence-electron chi connectivity index (χ3n) is 3.80. The molecule has 0 spiro atoms. The van der Waals surface area contributed by atoms with Crippen LogP contribution in [0, 0.1) is 0 Å². The maximum Gasteiger partial charge on any atom is 0.418 e. The van der Waals surface area contributed by atoms with E-state index < -0.39 is 30.1 Å². The van der Waals surface area contributed by atoms with Crippen LogP contribution >= 0.6 is 0 Å². The number of para-hydroxylation sites is 1. The average Bonchev–Trinajstić information content (AvgIpc) is 2.65. The van der Waals surface area contributed by atoms with E-state index in [-0.39, 0.29) is 5.69 Å². The van der Waals surface area contributed by atoms with Crippen LogP contribution < -0.4 is 10.1 Å². The number of halogens is 3. The summed E-state index contributed by atoms with van der Waals surface area (Å²) in [5.74, 6) is -0.517. The number of rotatable bonds is 6. The van der Waals surface area contributed by atoms with E-state index in [4.69, 9.17) is 4.74 Å². The van der Waals surface area contributed by atoms with E-state index in [1.807, 2.05) is 0 Å². The molecule has 0 aliphatic rings. The van der Waals surface area contributed by atoms with Gasteiger partial charge < -0.3 is 15.0 Å². The van der Waals surface area contributed by atoms with E-state index in [1.165, 1.54) is 25.3 Å². The van der Waals surface area contributed by atoms with Gasteiger partial charge in [-0.25, -0.2) is 0 Å². The molecule has 0 saturated carbocycles. The van der Waals surface area contributed by atoms with Gasteiger partial charge in [-0.05, 0) is 35.9 Å². The van der Waals surface area contributed by atoms with E-state index in [0.29, 0.717) is 5.75 Å². The van der Waals surface area contributed by atoms with Crippen LogP contribution in [-0.4, -0.2) is 37.4 Å². The highest BCUT2D eigenvalue weighted by molar-refractivity contribution is 5.98. The Kier molecular flexibility index (Phi) is 6.81. The zero-order valence-corrected chi connectivity index (χ0v) is 15.3. The van der Waals surface area contributed by atoms with E-state index in [2.05, 4.69) is 5.32 Å². The third-order valence-corrected chi connectivity index (χ3v) is 3.80. The molecular formula is C20H19F3N2O3. The van der Waals surface area contributed by atoms with E-state index in [9.17, 15) is 22.8 Å². The van der Waals surface area contributed by atoms with Gasteiger partial charge >= 0.3 is 6.18 Å². The molecule has 0 unspecified atom stereocenters. The number of benzene rings is 2. The molecule has 2 rings (SSSR count). The Morgan fingerprint density at radius 1 is 1.11 bits per heavy atom. The van der Waals surface area contributed by atoms with Crippen LogP contribution in [0.15, 0.2) is 54.6 Å². The second kappa shape index (κ2) is 9.07. The number of likely N-dealkylation sites (N-methyl/N-ethyl adjacent to an activating group) is 1. The summed E-state index contributed by atoms with van der Waals surface area (Å²) < 4.78 is 43.9. The Bertz CT molecular complexity index is 862. The van der Waals surface area contributed by atoms with Crippen LogP contribution in [0.5, 0.6) is 5.75 Å². The minimum absolute atomic E-state index is 0.352. The molecule has 0 aromatic heterocycles. The van der Waals surface area contributed by atoms with Crippen molar-refractivity contribution >= 4 is 23.6 Å². The Balaban J connectivity index is 1.96. The van der Waals surface area contributed by atoms with Crippen molar-refractivity contribution in [3.8, 4) is 5.75 Å². The maximum absolute atomic E-state index is 13.0. The molecule has 148 valence electrons. The second-order valence-corrected chi connectivity index (χ2v) is 5.89. The largest absolute Gasteiger partial charge is 0.497 e. The van der Waals surface area contributed by atoms with Crippen LogP contribution in [0.2, 0.25) is 0 Å². The third kappa shape index (κ3) is 5.87. The molecule has 2 amide bonds. The summed E-state index contributed by atoms with van der Waals surface area (Å²) in [7, 11) is 2.93. The summed E-state index contributed by atoms with van der Waals surface area (Å²) in [6.45, 7) is -0.391. The van der Waals surface area contributed by atoms with Crippen molar-refractivity contribution < 1.29 is 27.5 Å². The van der Waals surface area contributed by atoms with E-state index >= 15 is 0 Å². The quantitative estimate of drug-likeness (QED) is 0.761. The van der Waals surface area contributed by atoms with Crippen LogP contribution in [-0.2, 0) is 15.8 Å². The summed E-state index contributed by atoms with van der Waals surface area (Å²) in [5, 5.41) is 2.20. The Labute approximate surface area is 160 Å². The summed E-state index contributed by atoms with van der Waals surface area (Å²) >= 11 is 0. The van der Waals surface area contributed by atoms with Gasteiger partial charge in [-0.15, -0.1) is 0 Å². The molecule has 5 nitrogen and oxygen atoms in total. The Morgan fingerprint density at radius 3 is 2.36 bits per heavy atom. The van der Waals surface area contributed by atoms with Crippen molar-refractivity contribution in [2.75, 3.05) is 26.0 Å². The summed E-state index contributed by atoms with van der Waals surface area (Å²) in [6.07, 6.45) is -1.75. The topological polar surface area (TPSA) is 58.6 Å². The highest BCUT2D eigenvalue weighted by atomic mass is 19.4. The summed E-state index contributed by atoms with van der Waals surface area (Å²) in [6, 6.07) is 11.6. The van der Waals surface area contributed by atoms with Crippen LogP contribution in [0.4, 0.5) is 18.9 Å². The number of hydrogen-bond donors (Lipinski definition) is 1. The van der Waals surface area contributed by atoms with E-state index in [0.717, 1.165) is 22.6 Å². The molecule has 0 aliphatic carbocycles. The number of ether oxygens (including phenoxy) is 1. The molecule has 0 heterocycles. The Morgan fingerprint density at radius 2 is 1.75 bits per heavy atom. The van der Waals surface area contributed by atoms with Crippen molar-refractivity contribution in [1.82, 2.24) is 4.90 Å². The minimum atomic E-state index is -4.59. The minimum Gasteiger partial charge on any atom is -0.497 e. The fourth-order valence-electron chi connectivity index (χ4n) is 2.33. The normalized spacial score (nSPS) is 11.3. The van der Waals surface area contributed by atoms with Gasteiger partial charge in [-0.3, -0.25) is 9.59 Å². The van der Waals surface area contributed by atoms with Gasteiger partial charge in [0.15, 0.2) is 0 Å². The molecule has 1 N–H and O–H groups in total. The molecule has 2 aromatic rings. The molecular weight excluding hydrogens is 373 g/mol. The van der Waals surface area contributed by atoms with Crippen LogP contribution in [0.1, 0.15) is 11.1 Å². The summed E-state index contributed by atoms with van der Waals surface area (Å²) in [5.41, 5.74) is -0.544. The second-order valence-electron chi connectivity index (χ2n) is 5.89. The molecule has 0 saturated heterocycles. The van der Waals surface area contributed by atoms with Crippen molar-refractivity contribution in [1.29, 1.82) is 0 Å². The monoisotopic (exact) mass is 392 g/mol. The number of hydrogen-bond acceptors (Lipinski definition) is 3. The van der Waals surface area contributed by atoms with Crippen molar-refractivity contribution in [3.63, 3.8) is 0 Å². The number of nitrogens with zero attached hydrogens (tertiary/aromatic N) is 1. The number of anilines is 1. The molecule has 28 heavy (non-hydrogen) atoms. The first-order valence-corrected chi connectivity index (χ1v) is 8.24. The fraction of sp³-hybridized carbons (Fsp3) is 0.200. The number of carbonyl (C=O) groups excluding carboxylic acids is 2. The highest BCUT2D eigenvalue weighted by Gasteiger charge is 2.33. The SMILES string of the molecule is COc1ccc(/C=C/C(=O)N(C)CC(=O)Nc2ccccc2C(F)(F)F)cc1. The van der Waals surface area contributed by atoms with Gasteiger partial charge in [0.1, 0.15) is 5.75 Å². The molecule has 0 aliphatic heterocycles. The molecule has 0 fully saturated rings. The van der Waals surface area contributed by atoms with Crippen LogP contribution in [0.3, 0.4) is 0 Å². The average molecular weight is 392 g/mol. The van der Waals surface area contributed by atoms with Crippen LogP contribution in [0.25, 0.3) is 6.08 Å². The number of alkyl halides is 3. The maximum atomic E-state index is 13.0. The lowest BCUT2D eigenvalue weighted by Crippen LogP contribution is -2.34. The number of amides is 2. The molecule has 0 bridgehead atoms. The lowest BCUT2D eigenvalue weighted by atomic mass is 10.1. The predicted molar refractivity (Wildman–Crippen MR) is 99.7 cm³/mol. The van der Waals surface area contributed by atoms with Gasteiger partial charge in [0.25, 0.3) is 0 Å². The smallest absolute Gasteiger partial charge is 0.418 e. The van der Waals surface area contributed by atoms with Crippen molar-refractivity contribution in [3.05, 3.63) is 65.7 Å². The number of carbonyl (C=O) groups is 2. The molecule has 2 aromatic carbocycles. The van der Waals surface area contributed by atoms with Gasteiger partial charge in [0, 0.05) is 13.1 Å². The van der Waals surface area contributed by atoms with Crippen molar-refractivity contribution in [2.45, 2.75) is 6.18 Å². The Hall–Kier alpha value is -3.29. The van der Waals surface area contributed by atoms with Gasteiger partial charge in [-0.1, -0.05) is 24.3 Å².